The number of aryl methyl sites for hydroxylation is 1. The number of benzene rings is 1. The van der Waals surface area contributed by atoms with Crippen LogP contribution in [-0.4, -0.2) is 5.16 Å². The third-order valence-electron chi connectivity index (χ3n) is 2.01. The van der Waals surface area contributed by atoms with Crippen molar-refractivity contribution in [1.29, 1.82) is 0 Å². The molecule has 0 spiro atoms. The van der Waals surface area contributed by atoms with Crippen molar-refractivity contribution >= 4 is 0 Å². The van der Waals surface area contributed by atoms with Gasteiger partial charge in [-0.25, -0.2) is 4.39 Å². The molecule has 1 aromatic carbocycles. The lowest BCUT2D eigenvalue weighted by molar-refractivity contribution is 0.247. The molecule has 4 heteroatoms. The molecule has 0 saturated heterocycles. The van der Waals surface area contributed by atoms with Crippen molar-refractivity contribution in [3.05, 3.63) is 47.6 Å². The van der Waals surface area contributed by atoms with E-state index in [1.54, 1.807) is 12.1 Å². The summed E-state index contributed by atoms with van der Waals surface area (Å²) in [6.07, 6.45) is 1.54. The highest BCUT2D eigenvalue weighted by Gasteiger charge is 2.03. The molecule has 0 saturated carbocycles. The third-order valence-corrected chi connectivity index (χ3v) is 2.01. The van der Waals surface area contributed by atoms with Crippen molar-refractivity contribution in [2.45, 2.75) is 13.5 Å². The molecule has 15 heavy (non-hydrogen) atoms. The zero-order chi connectivity index (χ0) is 10.7. The lowest BCUT2D eigenvalue weighted by Gasteiger charge is -2.06. The Balaban J connectivity index is 2.07. The summed E-state index contributed by atoms with van der Waals surface area (Å²) < 4.78 is 23.1. The highest BCUT2D eigenvalue weighted by molar-refractivity contribution is 5.32. The molecule has 0 aliphatic heterocycles. The molecule has 2 rings (SSSR count). The molecule has 2 aromatic rings. The van der Waals surface area contributed by atoms with Crippen LogP contribution in [0.5, 0.6) is 5.75 Å². The smallest absolute Gasteiger partial charge is 0.174 e. The molecule has 0 amide bonds. The molecular weight excluding hydrogens is 197 g/mol. The van der Waals surface area contributed by atoms with Gasteiger partial charge in [-0.3, -0.25) is 0 Å². The van der Waals surface area contributed by atoms with Crippen LogP contribution >= 0.6 is 0 Å². The standard InChI is InChI=1S/C11H10FNO2/c1-8-2-3-9(12)6-11(8)14-7-10-4-5-13-15-10/h2-6H,7H2,1H3. The maximum absolute atomic E-state index is 12.9. The number of hydrogen-bond donors (Lipinski definition) is 0. The monoisotopic (exact) mass is 207 g/mol. The average molecular weight is 207 g/mol. The fourth-order valence-corrected chi connectivity index (χ4v) is 1.19. The van der Waals surface area contributed by atoms with Gasteiger partial charge in [-0.05, 0) is 18.6 Å². The molecule has 1 aromatic heterocycles. The zero-order valence-corrected chi connectivity index (χ0v) is 8.24. The first-order valence-corrected chi connectivity index (χ1v) is 4.54. The van der Waals surface area contributed by atoms with Crippen molar-refractivity contribution in [2.75, 3.05) is 0 Å². The van der Waals surface area contributed by atoms with Crippen LogP contribution in [0.3, 0.4) is 0 Å². The van der Waals surface area contributed by atoms with Crippen LogP contribution in [0, 0.1) is 12.7 Å². The van der Waals surface area contributed by atoms with Gasteiger partial charge in [0, 0.05) is 12.1 Å². The average Bonchev–Trinajstić information content (AvgIpc) is 2.72. The summed E-state index contributed by atoms with van der Waals surface area (Å²) in [6.45, 7) is 2.11. The molecule has 1 heterocycles. The van der Waals surface area contributed by atoms with Crippen LogP contribution in [0.25, 0.3) is 0 Å². The minimum absolute atomic E-state index is 0.254. The summed E-state index contributed by atoms with van der Waals surface area (Å²) in [7, 11) is 0. The second-order valence-corrected chi connectivity index (χ2v) is 3.18. The second kappa shape index (κ2) is 4.13. The van der Waals surface area contributed by atoms with Crippen molar-refractivity contribution in [3.63, 3.8) is 0 Å². The maximum atomic E-state index is 12.9. The van der Waals surface area contributed by atoms with Crippen molar-refractivity contribution < 1.29 is 13.7 Å². The van der Waals surface area contributed by atoms with Gasteiger partial charge < -0.3 is 9.26 Å². The van der Waals surface area contributed by atoms with E-state index in [2.05, 4.69) is 5.16 Å². The van der Waals surface area contributed by atoms with Gasteiger partial charge in [0.25, 0.3) is 0 Å². The summed E-state index contributed by atoms with van der Waals surface area (Å²) >= 11 is 0. The van der Waals surface area contributed by atoms with Crippen molar-refractivity contribution in [2.24, 2.45) is 0 Å². The van der Waals surface area contributed by atoms with Gasteiger partial charge in [0.1, 0.15) is 18.2 Å². The van der Waals surface area contributed by atoms with Crippen LogP contribution in [-0.2, 0) is 6.61 Å². The fourth-order valence-electron chi connectivity index (χ4n) is 1.19. The molecule has 0 atom stereocenters. The van der Waals surface area contributed by atoms with Gasteiger partial charge in [-0.2, -0.15) is 0 Å². The van der Waals surface area contributed by atoms with Crippen LogP contribution in [0.15, 0.2) is 35.0 Å². The lowest BCUT2D eigenvalue weighted by atomic mass is 10.2. The number of nitrogens with zero attached hydrogens (tertiary/aromatic N) is 1. The predicted molar refractivity (Wildman–Crippen MR) is 52.0 cm³/mol. The minimum atomic E-state index is -0.312. The lowest BCUT2D eigenvalue weighted by Crippen LogP contribution is -1.96. The molecule has 3 nitrogen and oxygen atoms in total. The molecule has 78 valence electrons. The summed E-state index contributed by atoms with van der Waals surface area (Å²) in [5, 5.41) is 3.55. The number of hydrogen-bond acceptors (Lipinski definition) is 3. The summed E-state index contributed by atoms with van der Waals surface area (Å²) in [5.41, 5.74) is 0.885. The van der Waals surface area contributed by atoms with E-state index >= 15 is 0 Å². The van der Waals surface area contributed by atoms with E-state index < -0.39 is 0 Å². The molecule has 0 bridgehead atoms. The van der Waals surface area contributed by atoms with Gasteiger partial charge in [0.2, 0.25) is 0 Å². The summed E-state index contributed by atoms with van der Waals surface area (Å²) in [6, 6.07) is 6.13. The Hall–Kier alpha value is -1.84. The topological polar surface area (TPSA) is 35.3 Å². The maximum Gasteiger partial charge on any atom is 0.174 e. The number of rotatable bonds is 3. The highest BCUT2D eigenvalue weighted by Crippen LogP contribution is 2.19. The van der Waals surface area contributed by atoms with E-state index in [1.165, 1.54) is 18.3 Å². The van der Waals surface area contributed by atoms with Gasteiger partial charge in [0.05, 0.1) is 6.20 Å². The Bertz CT molecular complexity index is 440. The van der Waals surface area contributed by atoms with E-state index in [4.69, 9.17) is 9.26 Å². The normalized spacial score (nSPS) is 10.3. The Morgan fingerprint density at radius 1 is 1.40 bits per heavy atom. The molecule has 0 fully saturated rings. The van der Waals surface area contributed by atoms with E-state index in [1.807, 2.05) is 6.92 Å². The summed E-state index contributed by atoms with van der Waals surface area (Å²) in [5.74, 6) is 0.818. The highest BCUT2D eigenvalue weighted by atomic mass is 19.1. The fraction of sp³-hybridized carbons (Fsp3) is 0.182. The Morgan fingerprint density at radius 2 is 2.27 bits per heavy atom. The number of halogens is 1. The SMILES string of the molecule is Cc1ccc(F)cc1OCc1ccno1. The van der Waals surface area contributed by atoms with Crippen LogP contribution in [0.2, 0.25) is 0 Å². The Kier molecular flexibility index (Phi) is 2.67. The van der Waals surface area contributed by atoms with E-state index in [-0.39, 0.29) is 12.4 Å². The largest absolute Gasteiger partial charge is 0.485 e. The third kappa shape index (κ3) is 2.34. The van der Waals surface area contributed by atoms with Gasteiger partial charge in [0.15, 0.2) is 5.76 Å². The van der Waals surface area contributed by atoms with Crippen LogP contribution < -0.4 is 4.74 Å². The minimum Gasteiger partial charge on any atom is -0.485 e. The molecule has 0 unspecified atom stereocenters. The quantitative estimate of drug-likeness (QED) is 0.776. The predicted octanol–water partition coefficient (Wildman–Crippen LogP) is 2.70. The molecule has 0 aliphatic carbocycles. The summed E-state index contributed by atoms with van der Waals surface area (Å²) in [4.78, 5) is 0. The second-order valence-electron chi connectivity index (χ2n) is 3.18. The first-order valence-electron chi connectivity index (χ1n) is 4.54. The first kappa shape index (κ1) is 9.71. The Morgan fingerprint density at radius 3 is 3.00 bits per heavy atom. The van der Waals surface area contributed by atoms with Gasteiger partial charge >= 0.3 is 0 Å². The number of aromatic nitrogens is 1. The molecular formula is C11H10FNO2. The molecule has 0 aliphatic rings. The number of ether oxygens (including phenoxy) is 1. The van der Waals surface area contributed by atoms with Gasteiger partial charge in [-0.15, -0.1) is 0 Å². The van der Waals surface area contributed by atoms with Gasteiger partial charge in [-0.1, -0.05) is 11.2 Å². The Labute approximate surface area is 86.5 Å². The van der Waals surface area contributed by atoms with E-state index in [9.17, 15) is 4.39 Å². The zero-order valence-electron chi connectivity index (χ0n) is 8.24. The van der Waals surface area contributed by atoms with E-state index in [0.717, 1.165) is 5.56 Å². The first-order chi connectivity index (χ1) is 7.25. The molecule has 0 N–H and O–H groups in total. The van der Waals surface area contributed by atoms with Crippen molar-refractivity contribution in [1.82, 2.24) is 5.16 Å². The van der Waals surface area contributed by atoms with Crippen LogP contribution in [0.4, 0.5) is 4.39 Å². The van der Waals surface area contributed by atoms with Crippen LogP contribution in [0.1, 0.15) is 11.3 Å². The van der Waals surface area contributed by atoms with E-state index in [0.29, 0.717) is 11.5 Å². The van der Waals surface area contributed by atoms with Crippen molar-refractivity contribution in [3.8, 4) is 5.75 Å². The molecule has 0 radical (unpaired) electrons.